The first-order valence-electron chi connectivity index (χ1n) is 5.19. The molecular weight excluding hydrogens is 229 g/mol. The zero-order chi connectivity index (χ0) is 11.5. The minimum atomic E-state index is -0.352. The molecule has 2 nitrogen and oxygen atoms in total. The number of hydrogen-bond acceptors (Lipinski definition) is 2. The van der Waals surface area contributed by atoms with Gasteiger partial charge in [0, 0.05) is 5.02 Å². The van der Waals surface area contributed by atoms with Crippen LogP contribution in [0.25, 0.3) is 0 Å². The molecule has 2 N–H and O–H groups in total. The Balaban J connectivity index is 2.26. The Labute approximate surface area is 98.8 Å². The van der Waals surface area contributed by atoms with Crippen molar-refractivity contribution in [2.45, 2.75) is 18.9 Å². The van der Waals surface area contributed by atoms with Gasteiger partial charge in [0.05, 0.1) is 18.9 Å². The highest BCUT2D eigenvalue weighted by Crippen LogP contribution is 2.30. The van der Waals surface area contributed by atoms with E-state index in [4.69, 9.17) is 22.1 Å². The SMILES string of the molecule is NC(C1=COCCC1)c1ccc(F)cc1Cl. The van der Waals surface area contributed by atoms with Gasteiger partial charge in [-0.1, -0.05) is 17.7 Å². The smallest absolute Gasteiger partial charge is 0.124 e. The van der Waals surface area contributed by atoms with E-state index >= 15 is 0 Å². The van der Waals surface area contributed by atoms with E-state index in [1.165, 1.54) is 12.1 Å². The molecule has 0 aliphatic carbocycles. The van der Waals surface area contributed by atoms with Crippen LogP contribution in [0.2, 0.25) is 5.02 Å². The van der Waals surface area contributed by atoms with Crippen molar-refractivity contribution in [2.24, 2.45) is 5.73 Å². The second-order valence-corrected chi connectivity index (χ2v) is 4.22. The summed E-state index contributed by atoms with van der Waals surface area (Å²) in [5.74, 6) is -0.352. The van der Waals surface area contributed by atoms with Crippen molar-refractivity contribution in [2.75, 3.05) is 6.61 Å². The van der Waals surface area contributed by atoms with Crippen LogP contribution >= 0.6 is 11.6 Å². The molecule has 0 fully saturated rings. The van der Waals surface area contributed by atoms with Crippen LogP contribution in [0.5, 0.6) is 0 Å². The van der Waals surface area contributed by atoms with Crippen LogP contribution in [-0.4, -0.2) is 6.61 Å². The lowest BCUT2D eigenvalue weighted by Crippen LogP contribution is -2.16. The van der Waals surface area contributed by atoms with Gasteiger partial charge in [-0.3, -0.25) is 0 Å². The molecule has 0 saturated carbocycles. The molecule has 0 aromatic heterocycles. The van der Waals surface area contributed by atoms with Gasteiger partial charge in [0.2, 0.25) is 0 Å². The average Bonchev–Trinajstić information content (AvgIpc) is 2.29. The fourth-order valence-electron chi connectivity index (χ4n) is 1.77. The molecule has 0 radical (unpaired) electrons. The molecule has 1 aromatic carbocycles. The molecule has 86 valence electrons. The van der Waals surface area contributed by atoms with E-state index in [9.17, 15) is 4.39 Å². The minimum absolute atomic E-state index is 0.312. The van der Waals surface area contributed by atoms with E-state index in [-0.39, 0.29) is 11.9 Å². The summed E-state index contributed by atoms with van der Waals surface area (Å²) in [5, 5.41) is 0.360. The number of hydrogen-bond donors (Lipinski definition) is 1. The Morgan fingerprint density at radius 3 is 2.88 bits per heavy atom. The van der Waals surface area contributed by atoms with Gasteiger partial charge in [-0.25, -0.2) is 4.39 Å². The van der Waals surface area contributed by atoms with Crippen LogP contribution in [0.3, 0.4) is 0 Å². The summed E-state index contributed by atoms with van der Waals surface area (Å²) in [6.45, 7) is 0.730. The van der Waals surface area contributed by atoms with Gasteiger partial charge in [-0.15, -0.1) is 0 Å². The van der Waals surface area contributed by atoms with E-state index < -0.39 is 0 Å². The average molecular weight is 242 g/mol. The van der Waals surface area contributed by atoms with Gasteiger partial charge in [-0.2, -0.15) is 0 Å². The van der Waals surface area contributed by atoms with E-state index in [0.717, 1.165) is 30.6 Å². The molecule has 1 atom stereocenters. The zero-order valence-electron chi connectivity index (χ0n) is 8.75. The van der Waals surface area contributed by atoms with Crippen LogP contribution in [-0.2, 0) is 4.74 Å². The molecule has 0 bridgehead atoms. The second kappa shape index (κ2) is 4.85. The molecule has 4 heteroatoms. The van der Waals surface area contributed by atoms with Crippen LogP contribution in [0.15, 0.2) is 30.0 Å². The monoisotopic (exact) mass is 241 g/mol. The number of nitrogens with two attached hydrogens (primary N) is 1. The van der Waals surface area contributed by atoms with Crippen molar-refractivity contribution in [1.29, 1.82) is 0 Å². The largest absolute Gasteiger partial charge is 0.501 e. The van der Waals surface area contributed by atoms with Crippen LogP contribution < -0.4 is 5.73 Å². The van der Waals surface area contributed by atoms with E-state index in [0.29, 0.717) is 5.02 Å². The summed E-state index contributed by atoms with van der Waals surface area (Å²) >= 11 is 5.96. The predicted octanol–water partition coefficient (Wildman–Crippen LogP) is 3.17. The Kier molecular flexibility index (Phi) is 3.46. The molecule has 1 aliphatic rings. The fourth-order valence-corrected chi connectivity index (χ4v) is 2.05. The summed E-state index contributed by atoms with van der Waals surface area (Å²) in [6.07, 6.45) is 3.54. The van der Waals surface area contributed by atoms with Gasteiger partial charge in [0.15, 0.2) is 0 Å². The van der Waals surface area contributed by atoms with Gasteiger partial charge < -0.3 is 10.5 Å². The van der Waals surface area contributed by atoms with E-state index in [1.807, 2.05) is 0 Å². The van der Waals surface area contributed by atoms with Gasteiger partial charge in [0.25, 0.3) is 0 Å². The summed E-state index contributed by atoms with van der Waals surface area (Å²) in [6, 6.07) is 3.96. The molecule has 0 saturated heterocycles. The normalized spacial score (nSPS) is 17.6. The third-order valence-corrected chi connectivity index (χ3v) is 2.99. The van der Waals surface area contributed by atoms with Crippen LogP contribution in [0, 0.1) is 5.82 Å². The Hall–Kier alpha value is -1.06. The fraction of sp³-hybridized carbons (Fsp3) is 0.333. The first-order chi connectivity index (χ1) is 7.68. The summed E-state index contributed by atoms with van der Waals surface area (Å²) < 4.78 is 18.1. The Morgan fingerprint density at radius 2 is 2.25 bits per heavy atom. The minimum Gasteiger partial charge on any atom is -0.501 e. The first kappa shape index (κ1) is 11.4. The molecule has 1 unspecified atom stereocenters. The van der Waals surface area contributed by atoms with Gasteiger partial charge in [0.1, 0.15) is 5.82 Å². The molecule has 1 heterocycles. The molecule has 16 heavy (non-hydrogen) atoms. The van der Waals surface area contributed by atoms with Crippen molar-refractivity contribution in [3.05, 3.63) is 46.4 Å². The maximum atomic E-state index is 12.9. The van der Waals surface area contributed by atoms with Gasteiger partial charge >= 0.3 is 0 Å². The Bertz CT molecular complexity index is 419. The number of ether oxygens (including phenoxy) is 1. The lowest BCUT2D eigenvalue weighted by molar-refractivity contribution is 0.221. The van der Waals surface area contributed by atoms with Crippen molar-refractivity contribution in [3.63, 3.8) is 0 Å². The molecule has 2 rings (SSSR count). The standard InChI is InChI=1S/C12H13ClFNO/c13-11-6-9(14)3-4-10(11)12(15)8-2-1-5-16-7-8/h3-4,6-7,12H,1-2,5,15H2. The third kappa shape index (κ3) is 2.36. The maximum absolute atomic E-state index is 12.9. The lowest BCUT2D eigenvalue weighted by Gasteiger charge is -2.20. The first-order valence-corrected chi connectivity index (χ1v) is 5.57. The van der Waals surface area contributed by atoms with Crippen LogP contribution in [0.1, 0.15) is 24.4 Å². The van der Waals surface area contributed by atoms with Crippen LogP contribution in [0.4, 0.5) is 4.39 Å². The van der Waals surface area contributed by atoms with E-state index in [1.54, 1.807) is 12.3 Å². The van der Waals surface area contributed by atoms with Gasteiger partial charge in [-0.05, 0) is 36.1 Å². The summed E-state index contributed by atoms with van der Waals surface area (Å²) in [5.41, 5.74) is 7.80. The highest BCUT2D eigenvalue weighted by molar-refractivity contribution is 6.31. The van der Waals surface area contributed by atoms with Crippen molar-refractivity contribution in [1.82, 2.24) is 0 Å². The summed E-state index contributed by atoms with van der Waals surface area (Å²) in [4.78, 5) is 0. The molecule has 1 aliphatic heterocycles. The lowest BCUT2D eigenvalue weighted by atomic mass is 9.96. The quantitative estimate of drug-likeness (QED) is 0.863. The number of rotatable bonds is 2. The summed E-state index contributed by atoms with van der Waals surface area (Å²) in [7, 11) is 0. The molecule has 0 amide bonds. The third-order valence-electron chi connectivity index (χ3n) is 2.66. The predicted molar refractivity (Wildman–Crippen MR) is 61.6 cm³/mol. The maximum Gasteiger partial charge on any atom is 0.124 e. The zero-order valence-corrected chi connectivity index (χ0v) is 9.51. The molecule has 1 aromatic rings. The Morgan fingerprint density at radius 1 is 1.44 bits per heavy atom. The highest BCUT2D eigenvalue weighted by atomic mass is 35.5. The van der Waals surface area contributed by atoms with E-state index in [2.05, 4.69) is 0 Å². The number of benzene rings is 1. The second-order valence-electron chi connectivity index (χ2n) is 3.81. The number of halogens is 2. The van der Waals surface area contributed by atoms with Crippen molar-refractivity contribution < 1.29 is 9.13 Å². The molecular formula is C12H13ClFNO. The van der Waals surface area contributed by atoms with Crippen molar-refractivity contribution >= 4 is 11.6 Å². The van der Waals surface area contributed by atoms with Crippen molar-refractivity contribution in [3.8, 4) is 0 Å². The highest BCUT2D eigenvalue weighted by Gasteiger charge is 2.17. The molecule has 0 spiro atoms. The topological polar surface area (TPSA) is 35.2 Å².